The second-order valence-corrected chi connectivity index (χ2v) is 10.1. The molecule has 0 bridgehead atoms. The standard InChI is InChI=1S/C29H33BrN2O2/c1-22(2)15-20-34-27-14-13-25(21-26(27)30)29(33)32-18-16-31(17-19-32)28(23-9-5-3-6-10-23)24-11-7-4-8-12-24/h3-14,21-22,28H,15-20H2,1-2H3. The summed E-state index contributed by atoms with van der Waals surface area (Å²) in [5.41, 5.74) is 3.26. The van der Waals surface area contributed by atoms with Crippen molar-refractivity contribution >= 4 is 21.8 Å². The van der Waals surface area contributed by atoms with E-state index in [4.69, 9.17) is 4.74 Å². The van der Waals surface area contributed by atoms with E-state index in [0.29, 0.717) is 31.2 Å². The van der Waals surface area contributed by atoms with Crippen LogP contribution in [0.25, 0.3) is 0 Å². The summed E-state index contributed by atoms with van der Waals surface area (Å²) in [6.45, 7) is 8.12. The first-order valence-electron chi connectivity index (χ1n) is 12.1. The third kappa shape index (κ3) is 6.08. The van der Waals surface area contributed by atoms with Gasteiger partial charge in [-0.25, -0.2) is 0 Å². The lowest BCUT2D eigenvalue weighted by Crippen LogP contribution is -2.49. The zero-order chi connectivity index (χ0) is 23.9. The first-order chi connectivity index (χ1) is 16.5. The third-order valence-electron chi connectivity index (χ3n) is 6.33. The Labute approximate surface area is 211 Å². The fraction of sp³-hybridized carbons (Fsp3) is 0.345. The van der Waals surface area contributed by atoms with Gasteiger partial charge in [0, 0.05) is 31.7 Å². The number of hydrogen-bond acceptors (Lipinski definition) is 3. The van der Waals surface area contributed by atoms with E-state index in [1.54, 1.807) is 0 Å². The van der Waals surface area contributed by atoms with Crippen molar-refractivity contribution in [3.8, 4) is 5.75 Å². The highest BCUT2D eigenvalue weighted by molar-refractivity contribution is 9.10. The molecule has 1 fully saturated rings. The maximum Gasteiger partial charge on any atom is 0.253 e. The summed E-state index contributed by atoms with van der Waals surface area (Å²) in [6.07, 6.45) is 1.00. The van der Waals surface area contributed by atoms with E-state index in [2.05, 4.69) is 95.3 Å². The van der Waals surface area contributed by atoms with Crippen LogP contribution in [-0.4, -0.2) is 48.5 Å². The molecule has 178 valence electrons. The predicted molar refractivity (Wildman–Crippen MR) is 141 cm³/mol. The molecule has 3 aromatic carbocycles. The Morgan fingerprint density at radius 3 is 2.00 bits per heavy atom. The van der Waals surface area contributed by atoms with E-state index >= 15 is 0 Å². The van der Waals surface area contributed by atoms with Crippen LogP contribution in [0.5, 0.6) is 5.75 Å². The molecule has 0 radical (unpaired) electrons. The highest BCUT2D eigenvalue weighted by Crippen LogP contribution is 2.30. The van der Waals surface area contributed by atoms with Crippen LogP contribution in [0.2, 0.25) is 0 Å². The van der Waals surface area contributed by atoms with E-state index in [9.17, 15) is 4.79 Å². The van der Waals surface area contributed by atoms with Gasteiger partial charge in [0.1, 0.15) is 5.75 Å². The number of carbonyl (C=O) groups is 1. The number of nitrogens with zero attached hydrogens (tertiary/aromatic N) is 2. The summed E-state index contributed by atoms with van der Waals surface area (Å²) in [5, 5.41) is 0. The Bertz CT molecular complexity index is 1020. The number of halogens is 1. The predicted octanol–water partition coefficient (Wildman–Crippen LogP) is 6.42. The molecule has 34 heavy (non-hydrogen) atoms. The number of rotatable bonds is 8. The molecular weight excluding hydrogens is 488 g/mol. The van der Waals surface area contributed by atoms with Gasteiger partial charge >= 0.3 is 0 Å². The number of piperazine rings is 1. The zero-order valence-electron chi connectivity index (χ0n) is 20.0. The third-order valence-corrected chi connectivity index (χ3v) is 6.95. The molecule has 1 amide bonds. The van der Waals surface area contributed by atoms with Gasteiger partial charge in [0.15, 0.2) is 0 Å². The molecule has 1 aliphatic heterocycles. The van der Waals surface area contributed by atoms with Crippen LogP contribution in [0.15, 0.2) is 83.3 Å². The average molecular weight is 521 g/mol. The first kappa shape index (κ1) is 24.5. The van der Waals surface area contributed by atoms with Crippen LogP contribution >= 0.6 is 15.9 Å². The van der Waals surface area contributed by atoms with Gasteiger partial charge in [-0.1, -0.05) is 74.5 Å². The molecule has 4 nitrogen and oxygen atoms in total. The molecule has 0 atom stereocenters. The summed E-state index contributed by atoms with van der Waals surface area (Å²) in [4.78, 5) is 17.7. The van der Waals surface area contributed by atoms with E-state index in [0.717, 1.165) is 29.7 Å². The van der Waals surface area contributed by atoms with Gasteiger partial charge in [0.25, 0.3) is 5.91 Å². The van der Waals surface area contributed by atoms with Gasteiger partial charge in [-0.2, -0.15) is 0 Å². The smallest absolute Gasteiger partial charge is 0.253 e. The van der Waals surface area contributed by atoms with Crippen LogP contribution < -0.4 is 4.74 Å². The van der Waals surface area contributed by atoms with Gasteiger partial charge in [-0.15, -0.1) is 0 Å². The van der Waals surface area contributed by atoms with Crippen molar-refractivity contribution in [1.82, 2.24) is 9.80 Å². The molecular formula is C29H33BrN2O2. The number of carbonyl (C=O) groups excluding carboxylic acids is 1. The highest BCUT2D eigenvalue weighted by atomic mass is 79.9. The van der Waals surface area contributed by atoms with Gasteiger partial charge < -0.3 is 9.64 Å². The van der Waals surface area contributed by atoms with Crippen LogP contribution in [0.1, 0.15) is 47.8 Å². The minimum absolute atomic E-state index is 0.0741. The molecule has 5 heteroatoms. The normalized spacial score (nSPS) is 14.6. The Kier molecular flexibility index (Phi) is 8.41. The summed E-state index contributed by atoms with van der Waals surface area (Å²) < 4.78 is 6.70. The quantitative estimate of drug-likeness (QED) is 0.343. The van der Waals surface area contributed by atoms with Crippen LogP contribution in [0.4, 0.5) is 0 Å². The second kappa shape index (κ2) is 11.7. The topological polar surface area (TPSA) is 32.8 Å². The number of ether oxygens (including phenoxy) is 1. The van der Waals surface area contributed by atoms with Crippen molar-refractivity contribution < 1.29 is 9.53 Å². The summed E-state index contributed by atoms with van der Waals surface area (Å²) in [5.74, 6) is 1.46. The minimum Gasteiger partial charge on any atom is -0.492 e. The van der Waals surface area contributed by atoms with Crippen molar-refractivity contribution in [1.29, 1.82) is 0 Å². The molecule has 0 saturated carbocycles. The van der Waals surface area contributed by atoms with Crippen molar-refractivity contribution in [3.63, 3.8) is 0 Å². The van der Waals surface area contributed by atoms with E-state index in [-0.39, 0.29) is 11.9 Å². The lowest BCUT2D eigenvalue weighted by Gasteiger charge is -2.39. The summed E-state index contributed by atoms with van der Waals surface area (Å²) >= 11 is 3.58. The molecule has 1 aliphatic rings. The van der Waals surface area contributed by atoms with E-state index in [1.165, 1.54) is 11.1 Å². The molecule has 0 aliphatic carbocycles. The summed E-state index contributed by atoms with van der Waals surface area (Å²) in [7, 11) is 0. The van der Waals surface area contributed by atoms with Crippen LogP contribution in [0, 0.1) is 5.92 Å². The lowest BCUT2D eigenvalue weighted by atomic mass is 9.96. The van der Waals surface area contributed by atoms with Gasteiger partial charge in [-0.05, 0) is 57.6 Å². The van der Waals surface area contributed by atoms with Gasteiger partial charge in [0.05, 0.1) is 17.1 Å². The molecule has 0 N–H and O–H groups in total. The molecule has 1 heterocycles. The van der Waals surface area contributed by atoms with Crippen molar-refractivity contribution in [3.05, 3.63) is 100 Å². The first-order valence-corrected chi connectivity index (χ1v) is 12.9. The Morgan fingerprint density at radius 2 is 1.47 bits per heavy atom. The fourth-order valence-corrected chi connectivity index (χ4v) is 4.90. The Balaban J connectivity index is 1.41. The Hall–Kier alpha value is -2.63. The Morgan fingerprint density at radius 1 is 0.882 bits per heavy atom. The minimum atomic E-state index is 0.0741. The number of benzene rings is 3. The molecule has 0 spiro atoms. The molecule has 0 unspecified atom stereocenters. The zero-order valence-corrected chi connectivity index (χ0v) is 21.6. The maximum atomic E-state index is 13.2. The lowest BCUT2D eigenvalue weighted by molar-refractivity contribution is 0.0597. The molecule has 0 aromatic heterocycles. The van der Waals surface area contributed by atoms with Gasteiger partial charge in [0.2, 0.25) is 0 Å². The van der Waals surface area contributed by atoms with E-state index in [1.807, 2.05) is 23.1 Å². The van der Waals surface area contributed by atoms with Crippen molar-refractivity contribution in [2.45, 2.75) is 26.3 Å². The van der Waals surface area contributed by atoms with Crippen molar-refractivity contribution in [2.75, 3.05) is 32.8 Å². The monoisotopic (exact) mass is 520 g/mol. The second-order valence-electron chi connectivity index (χ2n) is 9.23. The molecule has 1 saturated heterocycles. The summed E-state index contributed by atoms with van der Waals surface area (Å²) in [6, 6.07) is 27.1. The molecule has 3 aromatic rings. The van der Waals surface area contributed by atoms with Crippen LogP contribution in [0.3, 0.4) is 0 Å². The maximum absolute atomic E-state index is 13.2. The largest absolute Gasteiger partial charge is 0.492 e. The molecule has 4 rings (SSSR count). The van der Waals surface area contributed by atoms with Crippen LogP contribution in [-0.2, 0) is 0 Å². The fourth-order valence-electron chi connectivity index (χ4n) is 4.41. The average Bonchev–Trinajstić information content (AvgIpc) is 2.86. The SMILES string of the molecule is CC(C)CCOc1ccc(C(=O)N2CCN(C(c3ccccc3)c3ccccc3)CC2)cc1Br. The highest BCUT2D eigenvalue weighted by Gasteiger charge is 2.28. The number of amides is 1. The van der Waals surface area contributed by atoms with Crippen molar-refractivity contribution in [2.24, 2.45) is 5.92 Å². The number of hydrogen-bond donors (Lipinski definition) is 0. The van der Waals surface area contributed by atoms with Gasteiger partial charge in [-0.3, -0.25) is 9.69 Å². The van der Waals surface area contributed by atoms with E-state index < -0.39 is 0 Å².